The van der Waals surface area contributed by atoms with E-state index in [1.165, 1.54) is 32.1 Å². The first-order chi connectivity index (χ1) is 7.35. The van der Waals surface area contributed by atoms with Gasteiger partial charge >= 0.3 is 0 Å². The topological polar surface area (TPSA) is 0 Å². The van der Waals surface area contributed by atoms with Gasteiger partial charge in [0.25, 0.3) is 0 Å². The van der Waals surface area contributed by atoms with Crippen molar-refractivity contribution in [2.75, 3.05) is 0 Å². The molecule has 0 bridgehead atoms. The Balaban J connectivity index is 3.51. The molecule has 0 aliphatic heterocycles. The molecule has 0 aliphatic rings. The van der Waals surface area contributed by atoms with Crippen LogP contribution in [-0.4, -0.2) is 0 Å². The van der Waals surface area contributed by atoms with Crippen molar-refractivity contribution in [2.24, 2.45) is 5.92 Å². The van der Waals surface area contributed by atoms with E-state index >= 15 is 0 Å². The van der Waals surface area contributed by atoms with Crippen molar-refractivity contribution in [1.29, 1.82) is 0 Å². The van der Waals surface area contributed by atoms with E-state index in [2.05, 4.69) is 32.6 Å². The van der Waals surface area contributed by atoms with Gasteiger partial charge in [0.15, 0.2) is 0 Å². The number of unbranched alkanes of at least 4 members (excludes halogenated alkanes) is 4. The maximum absolute atomic E-state index is 3.86. The third-order valence-electron chi connectivity index (χ3n) is 2.76. The van der Waals surface area contributed by atoms with Crippen LogP contribution in [0.3, 0.4) is 0 Å². The smallest absolute Gasteiger partial charge is 0.0117 e. The van der Waals surface area contributed by atoms with Crippen LogP contribution in [0.1, 0.15) is 64.7 Å². The average molecular weight is 206 g/mol. The zero-order valence-corrected chi connectivity index (χ0v) is 10.4. The highest BCUT2D eigenvalue weighted by Gasteiger charge is 2.03. The van der Waals surface area contributed by atoms with E-state index in [4.69, 9.17) is 0 Å². The Hall–Kier alpha value is -0.440. The summed E-state index contributed by atoms with van der Waals surface area (Å²) in [6.07, 6.45) is 10.6. The van der Waals surface area contributed by atoms with Gasteiger partial charge in [-0.3, -0.25) is 0 Å². The molecule has 0 amide bonds. The Morgan fingerprint density at radius 3 is 2.40 bits per heavy atom. The molecule has 0 heterocycles. The monoisotopic (exact) mass is 206 g/mol. The van der Waals surface area contributed by atoms with E-state index in [0.717, 1.165) is 31.6 Å². The molecule has 0 aliphatic carbocycles. The lowest BCUT2D eigenvalue weighted by Crippen LogP contribution is -1.97. The second-order valence-electron chi connectivity index (χ2n) is 4.14. The first-order valence-corrected chi connectivity index (χ1v) is 6.39. The third kappa shape index (κ3) is 9.85. The molecule has 0 saturated carbocycles. The molecular formula is C15H26. The van der Waals surface area contributed by atoms with Crippen molar-refractivity contribution in [2.45, 2.75) is 64.7 Å². The predicted molar refractivity (Wildman–Crippen MR) is 69.2 cm³/mol. The Bertz CT molecular complexity index is 170. The van der Waals surface area contributed by atoms with Gasteiger partial charge in [-0.05, 0) is 18.8 Å². The second kappa shape index (κ2) is 11.6. The van der Waals surface area contributed by atoms with Gasteiger partial charge in [-0.15, -0.1) is 11.8 Å². The van der Waals surface area contributed by atoms with Crippen molar-refractivity contribution in [1.82, 2.24) is 0 Å². The first-order valence-electron chi connectivity index (χ1n) is 6.39. The summed E-state index contributed by atoms with van der Waals surface area (Å²) in [6.45, 7) is 9.92. The summed E-state index contributed by atoms with van der Waals surface area (Å²) >= 11 is 0. The fraction of sp³-hybridized carbons (Fsp3) is 0.733. The first kappa shape index (κ1) is 14.6. The summed E-state index contributed by atoms with van der Waals surface area (Å²) in [7, 11) is 0. The molecule has 2 radical (unpaired) electrons. The normalized spacial score (nSPS) is 11.9. The molecule has 0 fully saturated rings. The molecule has 0 heteroatoms. The fourth-order valence-electron chi connectivity index (χ4n) is 1.63. The SMILES string of the molecule is [CH2]CCC#CCC(CC)CCCCC[CH2]. The van der Waals surface area contributed by atoms with Crippen LogP contribution in [0, 0.1) is 31.6 Å². The van der Waals surface area contributed by atoms with Crippen LogP contribution in [0.2, 0.25) is 0 Å². The lowest BCUT2D eigenvalue weighted by atomic mass is 9.95. The molecule has 0 nitrogen and oxygen atoms in total. The quantitative estimate of drug-likeness (QED) is 0.395. The minimum absolute atomic E-state index is 0.812. The number of hydrogen-bond acceptors (Lipinski definition) is 0. The summed E-state index contributed by atoms with van der Waals surface area (Å²) in [6, 6.07) is 0. The average Bonchev–Trinajstić information content (AvgIpc) is 2.27. The van der Waals surface area contributed by atoms with Crippen LogP contribution in [0.4, 0.5) is 0 Å². The van der Waals surface area contributed by atoms with Crippen LogP contribution < -0.4 is 0 Å². The summed E-state index contributed by atoms with van der Waals surface area (Å²) in [4.78, 5) is 0. The van der Waals surface area contributed by atoms with Gasteiger partial charge in [-0.1, -0.05) is 52.9 Å². The standard InChI is InChI=1S/C15H26/c1-4-7-9-11-13-15(6-3)14-12-10-8-5-2/h15H,1-2,4-9,11,13-14H2,3H3. The Morgan fingerprint density at radius 1 is 1.00 bits per heavy atom. The maximum Gasteiger partial charge on any atom is 0.0117 e. The van der Waals surface area contributed by atoms with E-state index < -0.39 is 0 Å². The molecule has 0 rings (SSSR count). The zero-order valence-electron chi connectivity index (χ0n) is 10.4. The summed E-state index contributed by atoms with van der Waals surface area (Å²) < 4.78 is 0. The van der Waals surface area contributed by atoms with Gasteiger partial charge in [0.2, 0.25) is 0 Å². The minimum atomic E-state index is 0.812. The van der Waals surface area contributed by atoms with Crippen LogP contribution >= 0.6 is 0 Å². The second-order valence-corrected chi connectivity index (χ2v) is 4.14. The molecular weight excluding hydrogens is 180 g/mol. The molecule has 0 aromatic carbocycles. The highest BCUT2D eigenvalue weighted by atomic mass is 14.1. The Morgan fingerprint density at radius 2 is 1.80 bits per heavy atom. The van der Waals surface area contributed by atoms with Crippen molar-refractivity contribution in [3.05, 3.63) is 13.8 Å². The van der Waals surface area contributed by atoms with Gasteiger partial charge < -0.3 is 0 Å². The van der Waals surface area contributed by atoms with E-state index in [1.807, 2.05) is 0 Å². The summed E-state index contributed by atoms with van der Waals surface area (Å²) in [5.74, 6) is 7.27. The molecule has 1 atom stereocenters. The number of rotatable bonds is 8. The largest absolute Gasteiger partial charge is 0.103 e. The van der Waals surface area contributed by atoms with E-state index in [9.17, 15) is 0 Å². The van der Waals surface area contributed by atoms with E-state index in [-0.39, 0.29) is 0 Å². The van der Waals surface area contributed by atoms with Crippen molar-refractivity contribution in [3.63, 3.8) is 0 Å². The molecule has 1 unspecified atom stereocenters. The molecule has 0 spiro atoms. The highest BCUT2D eigenvalue weighted by molar-refractivity contribution is 4.99. The molecule has 0 aromatic heterocycles. The van der Waals surface area contributed by atoms with Crippen LogP contribution in [0.5, 0.6) is 0 Å². The molecule has 0 saturated heterocycles. The molecule has 0 aromatic rings. The molecule has 86 valence electrons. The fourth-order valence-corrected chi connectivity index (χ4v) is 1.63. The highest BCUT2D eigenvalue weighted by Crippen LogP contribution is 2.17. The zero-order chi connectivity index (χ0) is 11.4. The summed E-state index contributed by atoms with van der Waals surface area (Å²) in [5.41, 5.74) is 0. The van der Waals surface area contributed by atoms with Gasteiger partial charge in [0, 0.05) is 12.8 Å². The van der Waals surface area contributed by atoms with Gasteiger partial charge in [-0.2, -0.15) is 0 Å². The predicted octanol–water partition coefficient (Wildman–Crippen LogP) is 4.80. The van der Waals surface area contributed by atoms with Gasteiger partial charge in [-0.25, -0.2) is 0 Å². The Labute approximate surface area is 96.8 Å². The Kier molecular flexibility index (Phi) is 11.3. The van der Waals surface area contributed by atoms with E-state index in [1.54, 1.807) is 0 Å². The van der Waals surface area contributed by atoms with Crippen molar-refractivity contribution in [3.8, 4) is 11.8 Å². The van der Waals surface area contributed by atoms with Crippen LogP contribution in [-0.2, 0) is 0 Å². The van der Waals surface area contributed by atoms with Crippen molar-refractivity contribution >= 4 is 0 Å². The number of hydrogen-bond donors (Lipinski definition) is 0. The minimum Gasteiger partial charge on any atom is -0.103 e. The van der Waals surface area contributed by atoms with E-state index in [0.29, 0.717) is 0 Å². The van der Waals surface area contributed by atoms with Gasteiger partial charge in [0.05, 0.1) is 0 Å². The van der Waals surface area contributed by atoms with Crippen molar-refractivity contribution < 1.29 is 0 Å². The third-order valence-corrected chi connectivity index (χ3v) is 2.76. The van der Waals surface area contributed by atoms with Crippen LogP contribution in [0.15, 0.2) is 0 Å². The lowest BCUT2D eigenvalue weighted by Gasteiger charge is -2.10. The van der Waals surface area contributed by atoms with Gasteiger partial charge in [0.1, 0.15) is 0 Å². The lowest BCUT2D eigenvalue weighted by molar-refractivity contribution is 0.452. The molecule has 15 heavy (non-hydrogen) atoms. The van der Waals surface area contributed by atoms with Crippen LogP contribution in [0.25, 0.3) is 0 Å². The summed E-state index contributed by atoms with van der Waals surface area (Å²) in [5, 5.41) is 0. The molecule has 0 N–H and O–H groups in total. The maximum atomic E-state index is 3.86.